The Balaban J connectivity index is 0.00000320. The van der Waals surface area contributed by atoms with Crippen molar-refractivity contribution in [2.45, 2.75) is 39.0 Å². The predicted molar refractivity (Wildman–Crippen MR) is 126 cm³/mol. The van der Waals surface area contributed by atoms with Crippen molar-refractivity contribution >= 4 is 36.9 Å². The topological polar surface area (TPSA) is 49.7 Å². The van der Waals surface area contributed by atoms with E-state index in [1.807, 2.05) is 0 Å². The van der Waals surface area contributed by atoms with Gasteiger partial charge in [-0.1, -0.05) is 89.5 Å². The monoisotopic (exact) mass is 412 g/mol. The van der Waals surface area contributed by atoms with Gasteiger partial charge in [-0.15, -0.1) is 0 Å². The standard InChI is InChI=1S/C25H29BO3.Na.H/c1-19-5-11-22(12-6-19)25(17-4-18-29-26(27)28,23-13-7-20(2)8-14-23)24-15-9-21(3)10-16-24;;/h5-16,27-28H,4,17-18H2,1-3H3;;. The van der Waals surface area contributed by atoms with E-state index in [9.17, 15) is 0 Å². The molecule has 0 aromatic heterocycles. The molecular weight excluding hydrogens is 382 g/mol. The van der Waals surface area contributed by atoms with Gasteiger partial charge < -0.3 is 14.7 Å². The van der Waals surface area contributed by atoms with E-state index in [1.165, 1.54) is 33.4 Å². The van der Waals surface area contributed by atoms with E-state index in [0.29, 0.717) is 6.42 Å². The average molecular weight is 412 g/mol. The van der Waals surface area contributed by atoms with Gasteiger partial charge >= 0.3 is 36.9 Å². The number of hydrogen-bond acceptors (Lipinski definition) is 3. The quantitative estimate of drug-likeness (QED) is 0.333. The van der Waals surface area contributed by atoms with Gasteiger partial charge in [-0.3, -0.25) is 0 Å². The molecule has 0 spiro atoms. The van der Waals surface area contributed by atoms with Crippen molar-refractivity contribution in [3.05, 3.63) is 106 Å². The minimum absolute atomic E-state index is 0. The Labute approximate surface area is 202 Å². The molecule has 0 amide bonds. The maximum atomic E-state index is 9.06. The fourth-order valence-corrected chi connectivity index (χ4v) is 3.97. The molecule has 0 saturated heterocycles. The molecule has 0 aliphatic carbocycles. The second-order valence-electron chi connectivity index (χ2n) is 7.80. The average Bonchev–Trinajstić information content (AvgIpc) is 2.71. The van der Waals surface area contributed by atoms with E-state index < -0.39 is 7.32 Å². The molecule has 3 aromatic rings. The van der Waals surface area contributed by atoms with Crippen LogP contribution in [-0.4, -0.2) is 53.5 Å². The predicted octanol–water partition coefficient (Wildman–Crippen LogP) is 4.06. The summed E-state index contributed by atoms with van der Waals surface area (Å²) in [6.07, 6.45) is 1.47. The van der Waals surface area contributed by atoms with Gasteiger partial charge in [-0.25, -0.2) is 0 Å². The normalized spacial score (nSPS) is 11.1. The fraction of sp³-hybridized carbons (Fsp3) is 0.280. The summed E-state index contributed by atoms with van der Waals surface area (Å²) < 4.78 is 5.01. The van der Waals surface area contributed by atoms with E-state index in [2.05, 4.69) is 93.6 Å². The minimum atomic E-state index is -1.73. The van der Waals surface area contributed by atoms with Crippen LogP contribution in [0.25, 0.3) is 0 Å². The van der Waals surface area contributed by atoms with Gasteiger partial charge in [-0.05, 0) is 50.3 Å². The van der Waals surface area contributed by atoms with Crippen LogP contribution in [0.1, 0.15) is 46.2 Å². The number of hydrogen-bond donors (Lipinski definition) is 2. The molecule has 0 fully saturated rings. The van der Waals surface area contributed by atoms with E-state index in [-0.39, 0.29) is 41.6 Å². The molecule has 0 aliphatic rings. The number of benzene rings is 3. The third-order valence-corrected chi connectivity index (χ3v) is 5.60. The molecular formula is C25H30BNaO3. The summed E-state index contributed by atoms with van der Waals surface area (Å²) in [6.45, 7) is 6.57. The SMILES string of the molecule is Cc1ccc(C(CCCOB(O)O)(c2ccc(C)cc2)c2ccc(C)cc2)cc1.[NaH]. The first-order valence-corrected chi connectivity index (χ1v) is 10.1. The van der Waals surface area contributed by atoms with Crippen molar-refractivity contribution in [3.63, 3.8) is 0 Å². The van der Waals surface area contributed by atoms with Crippen LogP contribution in [-0.2, 0) is 10.1 Å². The van der Waals surface area contributed by atoms with Crippen molar-refractivity contribution in [1.82, 2.24) is 0 Å². The summed E-state index contributed by atoms with van der Waals surface area (Å²) in [6, 6.07) is 26.2. The molecule has 3 nitrogen and oxygen atoms in total. The molecule has 0 atom stereocenters. The Bertz CT molecular complexity index is 796. The van der Waals surface area contributed by atoms with Gasteiger partial charge in [0.05, 0.1) is 0 Å². The van der Waals surface area contributed by atoms with E-state index >= 15 is 0 Å². The van der Waals surface area contributed by atoms with Gasteiger partial charge in [0.25, 0.3) is 0 Å². The summed E-state index contributed by atoms with van der Waals surface area (Å²) >= 11 is 0. The van der Waals surface area contributed by atoms with Crippen LogP contribution in [0.3, 0.4) is 0 Å². The van der Waals surface area contributed by atoms with Crippen LogP contribution < -0.4 is 0 Å². The molecule has 0 heterocycles. The van der Waals surface area contributed by atoms with Crippen LogP contribution in [0.5, 0.6) is 0 Å². The summed E-state index contributed by atoms with van der Waals surface area (Å²) in [5.74, 6) is 0. The van der Waals surface area contributed by atoms with Gasteiger partial charge in [0.1, 0.15) is 0 Å². The Morgan fingerprint density at radius 2 is 1.00 bits per heavy atom. The summed E-state index contributed by atoms with van der Waals surface area (Å²) in [5.41, 5.74) is 6.99. The van der Waals surface area contributed by atoms with Crippen molar-refractivity contribution in [3.8, 4) is 0 Å². The summed E-state index contributed by atoms with van der Waals surface area (Å²) in [4.78, 5) is 0. The van der Waals surface area contributed by atoms with Crippen LogP contribution in [0.15, 0.2) is 72.8 Å². The molecule has 30 heavy (non-hydrogen) atoms. The molecule has 0 aliphatic heterocycles. The van der Waals surface area contributed by atoms with Crippen molar-refractivity contribution in [2.75, 3.05) is 6.61 Å². The van der Waals surface area contributed by atoms with Crippen LogP contribution in [0, 0.1) is 20.8 Å². The zero-order valence-electron chi connectivity index (χ0n) is 17.4. The van der Waals surface area contributed by atoms with Crippen LogP contribution >= 0.6 is 0 Å². The van der Waals surface area contributed by atoms with Gasteiger partial charge in [0, 0.05) is 12.0 Å². The molecule has 3 rings (SSSR count). The first-order valence-electron chi connectivity index (χ1n) is 10.1. The molecule has 0 radical (unpaired) electrons. The van der Waals surface area contributed by atoms with E-state index in [0.717, 1.165) is 6.42 Å². The number of aryl methyl sites for hydroxylation is 3. The van der Waals surface area contributed by atoms with E-state index in [4.69, 9.17) is 14.7 Å². The Hall–Kier alpha value is -1.40. The molecule has 152 valence electrons. The Morgan fingerprint density at radius 3 is 1.30 bits per heavy atom. The third-order valence-electron chi connectivity index (χ3n) is 5.60. The van der Waals surface area contributed by atoms with Crippen molar-refractivity contribution < 1.29 is 14.7 Å². The van der Waals surface area contributed by atoms with Gasteiger partial charge in [0.15, 0.2) is 0 Å². The molecule has 2 N–H and O–H groups in total. The van der Waals surface area contributed by atoms with Gasteiger partial charge in [0.2, 0.25) is 0 Å². The Morgan fingerprint density at radius 1 is 0.667 bits per heavy atom. The first kappa shape index (κ1) is 24.9. The van der Waals surface area contributed by atoms with Crippen LogP contribution in [0.2, 0.25) is 0 Å². The maximum absolute atomic E-state index is 9.06. The Kier molecular flexibility index (Phi) is 9.36. The molecule has 3 aromatic carbocycles. The summed E-state index contributed by atoms with van der Waals surface area (Å²) in [7, 11) is -1.73. The first-order chi connectivity index (χ1) is 13.9. The summed E-state index contributed by atoms with van der Waals surface area (Å²) in [5, 5.41) is 18.1. The molecule has 0 bridgehead atoms. The number of rotatable bonds is 8. The fourth-order valence-electron chi connectivity index (χ4n) is 3.97. The second-order valence-corrected chi connectivity index (χ2v) is 7.80. The zero-order chi connectivity index (χ0) is 20.9. The molecule has 5 heteroatoms. The zero-order valence-corrected chi connectivity index (χ0v) is 17.4. The third kappa shape index (κ3) is 5.85. The molecule has 0 saturated carbocycles. The van der Waals surface area contributed by atoms with Crippen LogP contribution in [0.4, 0.5) is 0 Å². The van der Waals surface area contributed by atoms with Gasteiger partial charge in [-0.2, -0.15) is 0 Å². The van der Waals surface area contributed by atoms with Crippen molar-refractivity contribution in [2.24, 2.45) is 0 Å². The van der Waals surface area contributed by atoms with E-state index in [1.54, 1.807) is 0 Å². The second kappa shape index (κ2) is 11.3. The molecule has 0 unspecified atom stereocenters. The van der Waals surface area contributed by atoms with Crippen molar-refractivity contribution in [1.29, 1.82) is 0 Å².